The van der Waals surface area contributed by atoms with E-state index in [-0.39, 0.29) is 19.4 Å². The van der Waals surface area contributed by atoms with E-state index in [2.05, 4.69) is 5.32 Å². The van der Waals surface area contributed by atoms with Gasteiger partial charge < -0.3 is 9.64 Å². The lowest BCUT2D eigenvalue weighted by Gasteiger charge is -2.33. The number of nitrogens with zero attached hydrogens (tertiary/aromatic N) is 1. The lowest BCUT2D eigenvalue weighted by Crippen LogP contribution is -2.59. The van der Waals surface area contributed by atoms with E-state index in [0.717, 1.165) is 0 Å². The summed E-state index contributed by atoms with van der Waals surface area (Å²) in [5.41, 5.74) is -0.604. The van der Waals surface area contributed by atoms with Gasteiger partial charge in [0.15, 0.2) is 0 Å². The van der Waals surface area contributed by atoms with E-state index >= 15 is 0 Å². The second kappa shape index (κ2) is 6.69. The maximum absolute atomic E-state index is 12.1. The lowest BCUT2D eigenvalue weighted by atomic mass is 10.1. The van der Waals surface area contributed by atoms with Crippen molar-refractivity contribution in [2.45, 2.75) is 58.6 Å². The molecule has 0 aromatic rings. The number of hydrogen-bond acceptors (Lipinski definition) is 5. The molecular formula is C14H22N2O5. The number of rotatable bonds is 4. The van der Waals surface area contributed by atoms with Crippen molar-refractivity contribution in [3.63, 3.8) is 0 Å². The molecule has 1 saturated heterocycles. The fraction of sp³-hybridized carbons (Fsp3) is 0.714. The SMILES string of the molecule is CCC1C(=O)NC(=O)CN1C(=O)CCC(=O)OC(C)(C)C. The van der Waals surface area contributed by atoms with Crippen LogP contribution in [0, 0.1) is 0 Å². The van der Waals surface area contributed by atoms with Crippen LogP contribution in [0.25, 0.3) is 0 Å². The molecule has 118 valence electrons. The van der Waals surface area contributed by atoms with E-state index in [9.17, 15) is 19.2 Å². The quantitative estimate of drug-likeness (QED) is 0.598. The van der Waals surface area contributed by atoms with Crippen LogP contribution in [0.5, 0.6) is 0 Å². The summed E-state index contributed by atoms with van der Waals surface area (Å²) in [6.45, 7) is 6.83. The van der Waals surface area contributed by atoms with Gasteiger partial charge in [-0.25, -0.2) is 0 Å². The van der Waals surface area contributed by atoms with Crippen molar-refractivity contribution < 1.29 is 23.9 Å². The number of amides is 3. The van der Waals surface area contributed by atoms with Gasteiger partial charge in [-0.3, -0.25) is 24.5 Å². The van der Waals surface area contributed by atoms with Crippen LogP contribution in [-0.2, 0) is 23.9 Å². The number of piperazine rings is 1. The largest absolute Gasteiger partial charge is 0.460 e. The van der Waals surface area contributed by atoms with Crippen molar-refractivity contribution in [1.82, 2.24) is 10.2 Å². The Labute approximate surface area is 124 Å². The average molecular weight is 298 g/mol. The molecule has 1 aliphatic rings. The highest BCUT2D eigenvalue weighted by Gasteiger charge is 2.35. The normalized spacial score (nSPS) is 19.2. The van der Waals surface area contributed by atoms with E-state index in [1.165, 1.54) is 4.90 Å². The molecule has 3 amide bonds. The Hall–Kier alpha value is -1.92. The first-order valence-corrected chi connectivity index (χ1v) is 6.99. The minimum absolute atomic E-state index is 0.0706. The molecule has 1 heterocycles. The van der Waals surface area contributed by atoms with Gasteiger partial charge in [0, 0.05) is 6.42 Å². The monoisotopic (exact) mass is 298 g/mol. The van der Waals surface area contributed by atoms with Gasteiger partial charge in [0.2, 0.25) is 17.7 Å². The Morgan fingerprint density at radius 3 is 2.43 bits per heavy atom. The Bertz CT molecular complexity index is 453. The minimum Gasteiger partial charge on any atom is -0.460 e. The smallest absolute Gasteiger partial charge is 0.306 e. The predicted octanol–water partition coefficient (Wildman–Crippen LogP) is 0.372. The van der Waals surface area contributed by atoms with Crippen LogP contribution in [0.1, 0.15) is 47.0 Å². The van der Waals surface area contributed by atoms with Crippen LogP contribution in [0.3, 0.4) is 0 Å². The van der Waals surface area contributed by atoms with E-state index in [4.69, 9.17) is 4.74 Å². The molecule has 21 heavy (non-hydrogen) atoms. The van der Waals surface area contributed by atoms with Gasteiger partial charge in [-0.2, -0.15) is 0 Å². The minimum atomic E-state index is -0.658. The van der Waals surface area contributed by atoms with Crippen LogP contribution in [0.15, 0.2) is 0 Å². The lowest BCUT2D eigenvalue weighted by molar-refractivity contribution is -0.157. The van der Waals surface area contributed by atoms with Crippen LogP contribution in [-0.4, -0.2) is 46.8 Å². The number of carbonyl (C=O) groups is 4. The summed E-state index contributed by atoms with van der Waals surface area (Å²) in [6, 6.07) is -0.658. The van der Waals surface area contributed by atoms with Gasteiger partial charge in [-0.15, -0.1) is 0 Å². The molecule has 1 atom stereocenters. The molecule has 1 N–H and O–H groups in total. The summed E-state index contributed by atoms with van der Waals surface area (Å²) in [5, 5.41) is 2.20. The van der Waals surface area contributed by atoms with Gasteiger partial charge in [-0.05, 0) is 27.2 Å². The van der Waals surface area contributed by atoms with Crippen LogP contribution in [0.2, 0.25) is 0 Å². The molecule has 0 radical (unpaired) electrons. The number of carbonyl (C=O) groups excluding carboxylic acids is 4. The van der Waals surface area contributed by atoms with Crippen molar-refractivity contribution in [2.75, 3.05) is 6.54 Å². The zero-order valence-electron chi connectivity index (χ0n) is 12.9. The second-order valence-electron chi connectivity index (χ2n) is 5.94. The van der Waals surface area contributed by atoms with Crippen molar-refractivity contribution in [2.24, 2.45) is 0 Å². The second-order valence-corrected chi connectivity index (χ2v) is 5.94. The first-order valence-electron chi connectivity index (χ1n) is 6.99. The zero-order chi connectivity index (χ0) is 16.2. The van der Waals surface area contributed by atoms with Crippen molar-refractivity contribution in [3.8, 4) is 0 Å². The summed E-state index contributed by atoms with van der Waals surface area (Å²) < 4.78 is 5.11. The van der Waals surface area contributed by atoms with Crippen molar-refractivity contribution in [1.29, 1.82) is 0 Å². The Morgan fingerprint density at radius 1 is 1.29 bits per heavy atom. The molecule has 1 fully saturated rings. The molecule has 7 nitrogen and oxygen atoms in total. The van der Waals surface area contributed by atoms with Gasteiger partial charge in [0.1, 0.15) is 18.2 Å². The summed E-state index contributed by atoms with van der Waals surface area (Å²) in [6.07, 6.45) is 0.266. The molecule has 0 spiro atoms. The number of nitrogens with one attached hydrogen (secondary N) is 1. The van der Waals surface area contributed by atoms with Crippen molar-refractivity contribution in [3.05, 3.63) is 0 Å². The third-order valence-corrected chi connectivity index (χ3v) is 2.93. The fourth-order valence-electron chi connectivity index (χ4n) is 2.08. The first kappa shape index (κ1) is 17.1. The molecule has 7 heteroatoms. The Morgan fingerprint density at radius 2 is 1.90 bits per heavy atom. The Kier molecular flexibility index (Phi) is 5.46. The van der Waals surface area contributed by atoms with Gasteiger partial charge in [0.05, 0.1) is 6.42 Å². The highest BCUT2D eigenvalue weighted by molar-refractivity contribution is 6.04. The van der Waals surface area contributed by atoms with Gasteiger partial charge in [0.25, 0.3) is 0 Å². The highest BCUT2D eigenvalue weighted by atomic mass is 16.6. The fourth-order valence-corrected chi connectivity index (χ4v) is 2.08. The van der Waals surface area contributed by atoms with E-state index in [1.54, 1.807) is 27.7 Å². The zero-order valence-corrected chi connectivity index (χ0v) is 12.9. The first-order chi connectivity index (χ1) is 9.64. The molecule has 1 unspecified atom stereocenters. The molecule has 0 aromatic heterocycles. The molecular weight excluding hydrogens is 276 g/mol. The number of imide groups is 1. The third kappa shape index (κ3) is 5.17. The number of esters is 1. The molecule has 0 aromatic carbocycles. The van der Waals surface area contributed by atoms with E-state index in [1.807, 2.05) is 0 Å². The van der Waals surface area contributed by atoms with Crippen LogP contribution >= 0.6 is 0 Å². The van der Waals surface area contributed by atoms with Crippen LogP contribution in [0.4, 0.5) is 0 Å². The van der Waals surface area contributed by atoms with Crippen molar-refractivity contribution >= 4 is 23.7 Å². The predicted molar refractivity (Wildman–Crippen MR) is 74.0 cm³/mol. The summed E-state index contributed by atoms with van der Waals surface area (Å²) >= 11 is 0. The summed E-state index contributed by atoms with van der Waals surface area (Å²) in [5.74, 6) is -1.85. The topological polar surface area (TPSA) is 92.8 Å². The Balaban J connectivity index is 2.59. The maximum atomic E-state index is 12.1. The molecule has 1 rings (SSSR count). The third-order valence-electron chi connectivity index (χ3n) is 2.93. The summed E-state index contributed by atoms with van der Waals surface area (Å²) in [7, 11) is 0. The molecule has 1 aliphatic heterocycles. The van der Waals surface area contributed by atoms with E-state index < -0.39 is 35.3 Å². The maximum Gasteiger partial charge on any atom is 0.306 e. The highest BCUT2D eigenvalue weighted by Crippen LogP contribution is 2.13. The standard InChI is InChI=1S/C14H22N2O5/c1-5-9-13(20)15-10(17)8-16(9)11(18)6-7-12(19)21-14(2,3)4/h9H,5-8H2,1-4H3,(H,15,17,20). The van der Waals surface area contributed by atoms with E-state index in [0.29, 0.717) is 6.42 Å². The average Bonchev–Trinajstić information content (AvgIpc) is 2.33. The number of ether oxygens (including phenoxy) is 1. The summed E-state index contributed by atoms with van der Waals surface area (Å²) in [4.78, 5) is 47.9. The van der Waals surface area contributed by atoms with Gasteiger partial charge >= 0.3 is 5.97 Å². The van der Waals surface area contributed by atoms with Gasteiger partial charge in [-0.1, -0.05) is 6.92 Å². The number of hydrogen-bond donors (Lipinski definition) is 1. The molecule has 0 bridgehead atoms. The molecule has 0 saturated carbocycles. The molecule has 0 aliphatic carbocycles. The van der Waals surface area contributed by atoms with Crippen LogP contribution < -0.4 is 5.32 Å².